The molecule has 0 unspecified atom stereocenters. The Morgan fingerprint density at radius 3 is 2.45 bits per heavy atom. The van der Waals surface area contributed by atoms with E-state index >= 15 is 0 Å². The molecule has 0 radical (unpaired) electrons. The van der Waals surface area contributed by atoms with Crippen LogP contribution >= 0.6 is 0 Å². The second kappa shape index (κ2) is 10.6. The number of H-pyrrole nitrogens is 1. The smallest absolute Gasteiger partial charge is 0.272 e. The number of aliphatic hydroxyl groups is 1. The average Bonchev–Trinajstić information content (AvgIpc) is 2.85. The van der Waals surface area contributed by atoms with Crippen molar-refractivity contribution in [2.24, 2.45) is 0 Å². The number of anilines is 1. The lowest BCUT2D eigenvalue weighted by Crippen LogP contribution is -2.27. The molecule has 1 heterocycles. The van der Waals surface area contributed by atoms with Gasteiger partial charge in [0.2, 0.25) is 5.91 Å². The van der Waals surface area contributed by atoms with Crippen molar-refractivity contribution in [1.29, 1.82) is 0 Å². The van der Waals surface area contributed by atoms with Crippen LogP contribution in [0.4, 0.5) is 5.82 Å². The molecular formula is C26H26N4O3. The predicted octanol–water partition coefficient (Wildman–Crippen LogP) is 3.24. The summed E-state index contributed by atoms with van der Waals surface area (Å²) in [5.74, 6) is 0.593. The van der Waals surface area contributed by atoms with Gasteiger partial charge in [0.05, 0.1) is 18.4 Å². The minimum Gasteiger partial charge on any atom is -0.392 e. The highest BCUT2D eigenvalue weighted by Crippen LogP contribution is 2.21. The molecule has 4 N–H and O–H groups in total. The van der Waals surface area contributed by atoms with Crippen LogP contribution in [0.1, 0.15) is 17.5 Å². The third-order valence-electron chi connectivity index (χ3n) is 5.43. The van der Waals surface area contributed by atoms with E-state index in [0.29, 0.717) is 30.7 Å². The SMILES string of the molecule is O=C(Cc1cccc(-c2ccc(CO)cc2)c1)NCCCNc1n[nH]c(=O)c2ccccc12. The molecule has 0 bridgehead atoms. The Labute approximate surface area is 191 Å². The zero-order chi connectivity index (χ0) is 23.0. The Balaban J connectivity index is 1.26. The van der Waals surface area contributed by atoms with Crippen molar-refractivity contribution in [2.45, 2.75) is 19.4 Å². The first-order chi connectivity index (χ1) is 16.1. The van der Waals surface area contributed by atoms with Gasteiger partial charge in [0.25, 0.3) is 5.56 Å². The lowest BCUT2D eigenvalue weighted by atomic mass is 10.0. The van der Waals surface area contributed by atoms with Gasteiger partial charge >= 0.3 is 0 Å². The summed E-state index contributed by atoms with van der Waals surface area (Å²) in [5.41, 5.74) is 3.68. The molecule has 1 aromatic heterocycles. The van der Waals surface area contributed by atoms with Gasteiger partial charge < -0.3 is 15.7 Å². The lowest BCUT2D eigenvalue weighted by Gasteiger charge is -2.09. The number of aromatic nitrogens is 2. The summed E-state index contributed by atoms with van der Waals surface area (Å²) < 4.78 is 0. The molecule has 0 fully saturated rings. The molecule has 0 aliphatic heterocycles. The quantitative estimate of drug-likeness (QED) is 0.298. The first-order valence-electron chi connectivity index (χ1n) is 10.9. The number of carbonyl (C=O) groups is 1. The zero-order valence-electron chi connectivity index (χ0n) is 18.2. The van der Waals surface area contributed by atoms with Crippen molar-refractivity contribution < 1.29 is 9.90 Å². The normalized spacial score (nSPS) is 10.8. The fourth-order valence-electron chi connectivity index (χ4n) is 3.68. The van der Waals surface area contributed by atoms with Gasteiger partial charge in [0.1, 0.15) is 0 Å². The van der Waals surface area contributed by atoms with E-state index < -0.39 is 0 Å². The Morgan fingerprint density at radius 1 is 0.879 bits per heavy atom. The number of fused-ring (bicyclic) bond motifs is 1. The summed E-state index contributed by atoms with van der Waals surface area (Å²) in [6, 6.07) is 23.0. The van der Waals surface area contributed by atoms with Crippen molar-refractivity contribution in [3.05, 3.63) is 94.3 Å². The fourth-order valence-corrected chi connectivity index (χ4v) is 3.68. The minimum atomic E-state index is -0.213. The van der Waals surface area contributed by atoms with Crippen LogP contribution < -0.4 is 16.2 Å². The second-order valence-electron chi connectivity index (χ2n) is 7.81. The van der Waals surface area contributed by atoms with Gasteiger partial charge in [-0.2, -0.15) is 5.10 Å². The van der Waals surface area contributed by atoms with Crippen molar-refractivity contribution in [3.8, 4) is 11.1 Å². The van der Waals surface area contributed by atoms with Gasteiger partial charge in [-0.15, -0.1) is 0 Å². The molecule has 4 rings (SSSR count). The van der Waals surface area contributed by atoms with Crippen LogP contribution in [0, 0.1) is 0 Å². The van der Waals surface area contributed by atoms with Crippen molar-refractivity contribution in [3.63, 3.8) is 0 Å². The Morgan fingerprint density at radius 2 is 1.67 bits per heavy atom. The molecule has 0 saturated carbocycles. The van der Waals surface area contributed by atoms with Crippen LogP contribution in [0.5, 0.6) is 0 Å². The predicted molar refractivity (Wildman–Crippen MR) is 130 cm³/mol. The van der Waals surface area contributed by atoms with E-state index in [9.17, 15) is 14.7 Å². The number of carbonyl (C=O) groups excluding carboxylic acids is 1. The molecule has 0 aliphatic rings. The van der Waals surface area contributed by atoms with Crippen LogP contribution in [-0.4, -0.2) is 34.3 Å². The number of hydrogen-bond donors (Lipinski definition) is 4. The van der Waals surface area contributed by atoms with Gasteiger partial charge in [0, 0.05) is 18.5 Å². The van der Waals surface area contributed by atoms with Crippen LogP contribution in [0.2, 0.25) is 0 Å². The number of aromatic amines is 1. The van der Waals surface area contributed by atoms with Gasteiger partial charge in [-0.25, -0.2) is 5.10 Å². The Hall–Kier alpha value is -3.97. The molecule has 0 aliphatic carbocycles. The summed E-state index contributed by atoms with van der Waals surface area (Å²) in [4.78, 5) is 24.2. The van der Waals surface area contributed by atoms with Gasteiger partial charge in [-0.1, -0.05) is 66.7 Å². The van der Waals surface area contributed by atoms with E-state index in [4.69, 9.17) is 0 Å². The van der Waals surface area contributed by atoms with Crippen LogP contribution in [0.25, 0.3) is 21.9 Å². The number of nitrogens with one attached hydrogen (secondary N) is 3. The molecule has 0 saturated heterocycles. The average molecular weight is 443 g/mol. The first-order valence-corrected chi connectivity index (χ1v) is 10.9. The number of nitrogens with zero attached hydrogens (tertiary/aromatic N) is 1. The molecule has 0 spiro atoms. The maximum absolute atomic E-state index is 12.4. The van der Waals surface area contributed by atoms with Gasteiger partial charge in [-0.3, -0.25) is 9.59 Å². The summed E-state index contributed by atoms with van der Waals surface area (Å²) >= 11 is 0. The molecular weight excluding hydrogens is 416 g/mol. The summed E-state index contributed by atoms with van der Waals surface area (Å²) in [6.07, 6.45) is 1.03. The highest BCUT2D eigenvalue weighted by atomic mass is 16.3. The van der Waals surface area contributed by atoms with Crippen LogP contribution in [0.15, 0.2) is 77.6 Å². The van der Waals surface area contributed by atoms with E-state index in [-0.39, 0.29) is 18.1 Å². The number of rotatable bonds is 9. The summed E-state index contributed by atoms with van der Waals surface area (Å²) in [6.45, 7) is 1.17. The highest BCUT2D eigenvalue weighted by Gasteiger charge is 2.07. The molecule has 168 valence electrons. The maximum Gasteiger partial charge on any atom is 0.272 e. The topological polar surface area (TPSA) is 107 Å². The monoisotopic (exact) mass is 442 g/mol. The maximum atomic E-state index is 12.4. The minimum absolute atomic E-state index is 0.0218. The van der Waals surface area contributed by atoms with Crippen LogP contribution in [0.3, 0.4) is 0 Å². The zero-order valence-corrected chi connectivity index (χ0v) is 18.2. The Bertz CT molecular complexity index is 1300. The Kier molecular flexibility index (Phi) is 7.12. The van der Waals surface area contributed by atoms with E-state index in [1.807, 2.05) is 66.7 Å². The number of hydrogen-bond acceptors (Lipinski definition) is 5. The number of amides is 1. The first kappa shape index (κ1) is 22.2. The molecule has 3 aromatic carbocycles. The molecule has 7 heteroatoms. The number of aliphatic hydroxyl groups excluding tert-OH is 1. The second-order valence-corrected chi connectivity index (χ2v) is 7.81. The van der Waals surface area contributed by atoms with E-state index in [0.717, 1.165) is 34.1 Å². The summed E-state index contributed by atoms with van der Waals surface area (Å²) in [7, 11) is 0. The number of benzene rings is 3. The highest BCUT2D eigenvalue weighted by molar-refractivity contribution is 5.90. The third kappa shape index (κ3) is 5.64. The third-order valence-corrected chi connectivity index (χ3v) is 5.43. The van der Waals surface area contributed by atoms with Crippen molar-refractivity contribution in [2.75, 3.05) is 18.4 Å². The molecule has 33 heavy (non-hydrogen) atoms. The van der Waals surface area contributed by atoms with Gasteiger partial charge in [-0.05, 0) is 34.7 Å². The standard InChI is InChI=1S/C26H26N4O3/c31-17-18-9-11-20(12-10-18)21-6-3-5-19(15-21)16-24(32)27-13-4-14-28-25-22-7-1-2-8-23(22)26(33)30-29-25/h1-3,5-12,15,31H,4,13-14,16-17H2,(H,27,32)(H,28,29)(H,30,33). The van der Waals surface area contributed by atoms with E-state index in [1.165, 1.54) is 0 Å². The largest absolute Gasteiger partial charge is 0.392 e. The van der Waals surface area contributed by atoms with Gasteiger partial charge in [0.15, 0.2) is 5.82 Å². The lowest BCUT2D eigenvalue weighted by molar-refractivity contribution is -0.120. The molecule has 1 amide bonds. The van der Waals surface area contributed by atoms with E-state index in [2.05, 4.69) is 20.8 Å². The fraction of sp³-hybridized carbons (Fsp3) is 0.192. The molecule has 7 nitrogen and oxygen atoms in total. The summed E-state index contributed by atoms with van der Waals surface area (Å²) in [5, 5.41) is 23.3. The van der Waals surface area contributed by atoms with Crippen molar-refractivity contribution >= 4 is 22.5 Å². The molecule has 0 atom stereocenters. The molecule has 4 aromatic rings. The van der Waals surface area contributed by atoms with Crippen LogP contribution in [-0.2, 0) is 17.8 Å². The van der Waals surface area contributed by atoms with Crippen molar-refractivity contribution in [1.82, 2.24) is 15.5 Å². The van der Waals surface area contributed by atoms with E-state index in [1.54, 1.807) is 6.07 Å².